The molecule has 0 saturated heterocycles. The van der Waals surface area contributed by atoms with Crippen LogP contribution in [-0.4, -0.2) is 19.5 Å². The standard InChI is InChI=1S/C9H9ClN4/c10-8-7-9(12-5-11-8)13-6-3-1-2-4-14(6)7/h5H,1-4H2. The molecule has 0 fully saturated rings. The minimum Gasteiger partial charge on any atom is -0.324 e. The summed E-state index contributed by atoms with van der Waals surface area (Å²) in [7, 11) is 0. The van der Waals surface area contributed by atoms with E-state index < -0.39 is 0 Å². The van der Waals surface area contributed by atoms with Gasteiger partial charge in [-0.2, -0.15) is 0 Å². The lowest BCUT2D eigenvalue weighted by molar-refractivity contribution is 0.532. The summed E-state index contributed by atoms with van der Waals surface area (Å²) < 4.78 is 2.14. The van der Waals surface area contributed by atoms with Gasteiger partial charge in [-0.25, -0.2) is 15.0 Å². The van der Waals surface area contributed by atoms with Gasteiger partial charge >= 0.3 is 0 Å². The highest BCUT2D eigenvalue weighted by Crippen LogP contribution is 2.24. The molecule has 0 spiro atoms. The van der Waals surface area contributed by atoms with Crippen LogP contribution in [0.15, 0.2) is 6.33 Å². The van der Waals surface area contributed by atoms with Crippen molar-refractivity contribution in [2.24, 2.45) is 0 Å². The van der Waals surface area contributed by atoms with Crippen molar-refractivity contribution in [3.8, 4) is 0 Å². The van der Waals surface area contributed by atoms with E-state index in [4.69, 9.17) is 11.6 Å². The number of fused-ring (bicyclic) bond motifs is 3. The number of halogens is 1. The number of aromatic nitrogens is 4. The molecule has 0 saturated carbocycles. The van der Waals surface area contributed by atoms with Gasteiger partial charge in [-0.3, -0.25) is 0 Å². The topological polar surface area (TPSA) is 43.6 Å². The van der Waals surface area contributed by atoms with E-state index in [9.17, 15) is 0 Å². The van der Waals surface area contributed by atoms with Crippen LogP contribution in [0.3, 0.4) is 0 Å². The van der Waals surface area contributed by atoms with Crippen molar-refractivity contribution < 1.29 is 0 Å². The fourth-order valence-corrected chi connectivity index (χ4v) is 2.19. The van der Waals surface area contributed by atoms with E-state index in [1.54, 1.807) is 0 Å². The minimum atomic E-state index is 0.510. The zero-order valence-corrected chi connectivity index (χ0v) is 8.33. The molecule has 0 radical (unpaired) electrons. The predicted octanol–water partition coefficient (Wildman–Crippen LogP) is 1.82. The van der Waals surface area contributed by atoms with Crippen molar-refractivity contribution in [2.45, 2.75) is 25.8 Å². The number of rotatable bonds is 0. The second kappa shape index (κ2) is 2.92. The lowest BCUT2D eigenvalue weighted by atomic mass is 10.2. The number of hydrogen-bond acceptors (Lipinski definition) is 3. The Morgan fingerprint density at radius 1 is 1.29 bits per heavy atom. The van der Waals surface area contributed by atoms with Crippen molar-refractivity contribution in [3.63, 3.8) is 0 Å². The van der Waals surface area contributed by atoms with E-state index >= 15 is 0 Å². The Morgan fingerprint density at radius 2 is 2.21 bits per heavy atom. The normalized spacial score (nSPS) is 15.8. The highest BCUT2D eigenvalue weighted by Gasteiger charge is 2.17. The maximum Gasteiger partial charge on any atom is 0.182 e. The minimum absolute atomic E-state index is 0.510. The first kappa shape index (κ1) is 8.17. The van der Waals surface area contributed by atoms with Gasteiger partial charge in [0.15, 0.2) is 10.8 Å². The van der Waals surface area contributed by atoms with E-state index in [1.807, 2.05) is 0 Å². The van der Waals surface area contributed by atoms with Gasteiger partial charge in [-0.05, 0) is 12.8 Å². The summed E-state index contributed by atoms with van der Waals surface area (Å²) in [5.74, 6) is 1.09. The van der Waals surface area contributed by atoms with Gasteiger partial charge in [0.1, 0.15) is 17.7 Å². The zero-order chi connectivity index (χ0) is 9.54. The quantitative estimate of drug-likeness (QED) is 0.621. The van der Waals surface area contributed by atoms with Gasteiger partial charge in [0.05, 0.1) is 0 Å². The molecule has 1 aliphatic rings. The molecule has 2 aromatic heterocycles. The van der Waals surface area contributed by atoms with E-state index in [0.29, 0.717) is 5.15 Å². The van der Waals surface area contributed by atoms with Crippen LogP contribution < -0.4 is 0 Å². The monoisotopic (exact) mass is 208 g/mol. The molecule has 0 N–H and O–H groups in total. The average Bonchev–Trinajstić information content (AvgIpc) is 2.57. The Balaban J connectivity index is 2.38. The maximum absolute atomic E-state index is 6.02. The molecule has 0 unspecified atom stereocenters. The summed E-state index contributed by atoms with van der Waals surface area (Å²) in [4.78, 5) is 12.5. The van der Waals surface area contributed by atoms with Gasteiger partial charge in [-0.1, -0.05) is 11.6 Å². The van der Waals surface area contributed by atoms with Gasteiger partial charge in [0.25, 0.3) is 0 Å². The van der Waals surface area contributed by atoms with E-state index in [-0.39, 0.29) is 0 Å². The molecular weight excluding hydrogens is 200 g/mol. The lowest BCUT2D eigenvalue weighted by Crippen LogP contribution is -2.10. The third kappa shape index (κ3) is 1.04. The van der Waals surface area contributed by atoms with Crippen LogP contribution in [0, 0.1) is 0 Å². The number of hydrogen-bond donors (Lipinski definition) is 0. The fraction of sp³-hybridized carbons (Fsp3) is 0.444. The van der Waals surface area contributed by atoms with Gasteiger partial charge in [0.2, 0.25) is 0 Å². The van der Waals surface area contributed by atoms with Crippen LogP contribution in [-0.2, 0) is 13.0 Å². The second-order valence-corrected chi connectivity index (χ2v) is 3.83. The predicted molar refractivity (Wildman–Crippen MR) is 53.3 cm³/mol. The molecule has 1 aliphatic heterocycles. The van der Waals surface area contributed by atoms with Gasteiger partial charge in [-0.15, -0.1) is 0 Å². The van der Waals surface area contributed by atoms with E-state index in [2.05, 4.69) is 19.5 Å². The fourth-order valence-electron chi connectivity index (χ4n) is 1.96. The van der Waals surface area contributed by atoms with Crippen LogP contribution >= 0.6 is 11.6 Å². The highest BCUT2D eigenvalue weighted by atomic mass is 35.5. The Morgan fingerprint density at radius 3 is 3.14 bits per heavy atom. The molecule has 3 heterocycles. The SMILES string of the molecule is Clc1ncnc2nc3n(c12)CCCC3. The Labute approximate surface area is 85.9 Å². The van der Waals surface area contributed by atoms with Crippen molar-refractivity contribution in [3.05, 3.63) is 17.3 Å². The van der Waals surface area contributed by atoms with Gasteiger partial charge < -0.3 is 4.57 Å². The van der Waals surface area contributed by atoms with Crippen molar-refractivity contribution >= 4 is 22.8 Å². The van der Waals surface area contributed by atoms with Crippen LogP contribution in [0.4, 0.5) is 0 Å². The van der Waals surface area contributed by atoms with Gasteiger partial charge in [0, 0.05) is 13.0 Å². The number of imidazole rings is 1. The Kier molecular flexibility index (Phi) is 1.70. The molecule has 0 aliphatic carbocycles. The summed E-state index contributed by atoms with van der Waals surface area (Å²) in [6.45, 7) is 0.985. The molecule has 0 atom stereocenters. The van der Waals surface area contributed by atoms with Crippen LogP contribution in [0.1, 0.15) is 18.7 Å². The summed E-state index contributed by atoms with van der Waals surface area (Å²) >= 11 is 6.02. The molecule has 0 aromatic carbocycles. The van der Waals surface area contributed by atoms with E-state index in [0.717, 1.165) is 30.0 Å². The molecule has 4 nitrogen and oxygen atoms in total. The molecule has 5 heteroatoms. The Bertz CT molecular complexity index is 491. The van der Waals surface area contributed by atoms with Crippen LogP contribution in [0.25, 0.3) is 11.2 Å². The lowest BCUT2D eigenvalue weighted by Gasteiger charge is -2.13. The first-order valence-corrected chi connectivity index (χ1v) is 5.09. The largest absolute Gasteiger partial charge is 0.324 e. The van der Waals surface area contributed by atoms with E-state index in [1.165, 1.54) is 19.2 Å². The number of aryl methyl sites for hydroxylation is 2. The van der Waals surface area contributed by atoms with Crippen molar-refractivity contribution in [2.75, 3.05) is 0 Å². The molecule has 0 amide bonds. The maximum atomic E-state index is 6.02. The van der Waals surface area contributed by atoms with Crippen LogP contribution in [0.5, 0.6) is 0 Å². The molecule has 2 aromatic rings. The average molecular weight is 209 g/mol. The summed E-state index contributed by atoms with van der Waals surface area (Å²) in [5, 5.41) is 0.510. The third-order valence-corrected chi connectivity index (χ3v) is 2.88. The zero-order valence-electron chi connectivity index (χ0n) is 7.57. The molecule has 3 rings (SSSR count). The summed E-state index contributed by atoms with van der Waals surface area (Å²) in [6.07, 6.45) is 4.87. The Hall–Kier alpha value is -1.16. The summed E-state index contributed by atoms with van der Waals surface area (Å²) in [5.41, 5.74) is 1.62. The summed E-state index contributed by atoms with van der Waals surface area (Å²) in [6, 6.07) is 0. The first-order valence-electron chi connectivity index (χ1n) is 4.72. The second-order valence-electron chi connectivity index (χ2n) is 3.47. The number of nitrogens with zero attached hydrogens (tertiary/aromatic N) is 4. The molecular formula is C9H9ClN4. The van der Waals surface area contributed by atoms with Crippen LogP contribution in [0.2, 0.25) is 5.15 Å². The third-order valence-electron chi connectivity index (χ3n) is 2.61. The van der Waals surface area contributed by atoms with Crippen molar-refractivity contribution in [1.29, 1.82) is 0 Å². The molecule has 72 valence electrons. The molecule has 0 bridgehead atoms. The highest BCUT2D eigenvalue weighted by molar-refractivity contribution is 6.33. The smallest absolute Gasteiger partial charge is 0.182 e. The van der Waals surface area contributed by atoms with Crippen molar-refractivity contribution in [1.82, 2.24) is 19.5 Å². The first-order chi connectivity index (χ1) is 6.86. The molecule has 14 heavy (non-hydrogen) atoms.